The van der Waals surface area contributed by atoms with Crippen LogP contribution in [0.1, 0.15) is 32.0 Å². The molecule has 1 aromatic heterocycles. The van der Waals surface area contributed by atoms with Gasteiger partial charge in [-0.05, 0) is 24.0 Å². The maximum Gasteiger partial charge on any atom is 0.323 e. The summed E-state index contributed by atoms with van der Waals surface area (Å²) in [4.78, 5) is 16.0. The van der Waals surface area contributed by atoms with Crippen molar-refractivity contribution in [2.75, 3.05) is 7.11 Å². The fourth-order valence-electron chi connectivity index (χ4n) is 1.67. The van der Waals surface area contributed by atoms with Gasteiger partial charge in [0.25, 0.3) is 0 Å². The van der Waals surface area contributed by atoms with Gasteiger partial charge in [0.15, 0.2) is 0 Å². The number of rotatable bonds is 4. The summed E-state index contributed by atoms with van der Waals surface area (Å²) in [6.07, 6.45) is 1.82. The van der Waals surface area contributed by atoms with Crippen LogP contribution in [-0.4, -0.2) is 24.1 Å². The van der Waals surface area contributed by atoms with Gasteiger partial charge in [0.2, 0.25) is 0 Å². The molecule has 0 unspecified atom stereocenters. The molecule has 1 N–H and O–H groups in total. The number of aromatic nitrogens is 1. The van der Waals surface area contributed by atoms with Crippen molar-refractivity contribution in [1.82, 2.24) is 10.3 Å². The highest BCUT2D eigenvalue weighted by Gasteiger charge is 2.31. The van der Waals surface area contributed by atoms with E-state index in [0.717, 1.165) is 11.3 Å². The van der Waals surface area contributed by atoms with Gasteiger partial charge < -0.3 is 4.74 Å². The standard InChI is InChI=1S/C14H22N2O2/c1-10-6-7-11(15-8-10)9-16-12(13(17)18-5)14(2,3)4/h6-8,12,16H,9H2,1-5H3/t12-/m0/s1. The van der Waals surface area contributed by atoms with E-state index in [1.54, 1.807) is 0 Å². The van der Waals surface area contributed by atoms with Crippen molar-refractivity contribution in [3.8, 4) is 0 Å². The van der Waals surface area contributed by atoms with Crippen LogP contribution in [0.2, 0.25) is 0 Å². The lowest BCUT2D eigenvalue weighted by Gasteiger charge is -2.29. The Hall–Kier alpha value is -1.42. The van der Waals surface area contributed by atoms with Gasteiger partial charge in [-0.25, -0.2) is 0 Å². The Morgan fingerprint density at radius 2 is 2.11 bits per heavy atom. The fraction of sp³-hybridized carbons (Fsp3) is 0.571. The number of aryl methyl sites for hydroxylation is 1. The molecule has 4 heteroatoms. The minimum atomic E-state index is -0.342. The molecule has 1 rings (SSSR count). The minimum Gasteiger partial charge on any atom is -0.468 e. The SMILES string of the molecule is COC(=O)[C@H](NCc1ccc(C)cn1)C(C)(C)C. The van der Waals surface area contributed by atoms with Gasteiger partial charge in [0, 0.05) is 12.7 Å². The van der Waals surface area contributed by atoms with Gasteiger partial charge in [-0.1, -0.05) is 26.8 Å². The number of nitrogens with one attached hydrogen (secondary N) is 1. The third-order valence-electron chi connectivity index (χ3n) is 2.76. The number of pyridine rings is 1. The highest BCUT2D eigenvalue weighted by atomic mass is 16.5. The average molecular weight is 250 g/mol. The van der Waals surface area contributed by atoms with Crippen molar-refractivity contribution < 1.29 is 9.53 Å². The predicted molar refractivity (Wildman–Crippen MR) is 71.1 cm³/mol. The molecule has 0 saturated heterocycles. The molecule has 0 bridgehead atoms. The third-order valence-corrected chi connectivity index (χ3v) is 2.76. The highest BCUT2D eigenvalue weighted by Crippen LogP contribution is 2.20. The Morgan fingerprint density at radius 3 is 2.56 bits per heavy atom. The summed E-state index contributed by atoms with van der Waals surface area (Å²) < 4.78 is 4.82. The Kier molecular flexibility index (Phi) is 4.84. The van der Waals surface area contributed by atoms with Crippen molar-refractivity contribution >= 4 is 5.97 Å². The summed E-state index contributed by atoms with van der Waals surface area (Å²) in [7, 11) is 1.41. The monoisotopic (exact) mass is 250 g/mol. The van der Waals surface area contributed by atoms with Crippen molar-refractivity contribution in [1.29, 1.82) is 0 Å². The summed E-state index contributed by atoms with van der Waals surface area (Å²) in [5, 5.41) is 3.21. The maximum atomic E-state index is 11.7. The molecule has 0 aliphatic carbocycles. The molecule has 1 aromatic rings. The van der Waals surface area contributed by atoms with E-state index in [1.807, 2.05) is 46.0 Å². The van der Waals surface area contributed by atoms with Crippen LogP contribution < -0.4 is 5.32 Å². The number of methoxy groups -OCH3 is 1. The summed E-state index contributed by atoms with van der Waals surface area (Å²) >= 11 is 0. The van der Waals surface area contributed by atoms with Gasteiger partial charge in [0.1, 0.15) is 6.04 Å². The van der Waals surface area contributed by atoms with Gasteiger partial charge in [0.05, 0.1) is 12.8 Å². The molecule has 0 saturated carbocycles. The van der Waals surface area contributed by atoms with E-state index in [1.165, 1.54) is 7.11 Å². The lowest BCUT2D eigenvalue weighted by molar-refractivity contribution is -0.146. The van der Waals surface area contributed by atoms with Gasteiger partial charge in [-0.2, -0.15) is 0 Å². The van der Waals surface area contributed by atoms with Crippen LogP contribution in [0.3, 0.4) is 0 Å². The van der Waals surface area contributed by atoms with Gasteiger partial charge in [-0.3, -0.25) is 15.1 Å². The summed E-state index contributed by atoms with van der Waals surface area (Å²) in [6, 6.07) is 3.62. The number of nitrogens with zero attached hydrogens (tertiary/aromatic N) is 1. The topological polar surface area (TPSA) is 51.2 Å². The molecule has 0 fully saturated rings. The lowest BCUT2D eigenvalue weighted by atomic mass is 9.86. The first-order chi connectivity index (χ1) is 8.34. The zero-order valence-electron chi connectivity index (χ0n) is 11.8. The van der Waals surface area contributed by atoms with Crippen molar-refractivity contribution in [3.63, 3.8) is 0 Å². The zero-order chi connectivity index (χ0) is 13.8. The van der Waals surface area contributed by atoms with E-state index in [9.17, 15) is 4.79 Å². The molecule has 1 heterocycles. The van der Waals surface area contributed by atoms with Gasteiger partial charge in [-0.15, -0.1) is 0 Å². The van der Waals surface area contributed by atoms with Gasteiger partial charge >= 0.3 is 5.97 Å². The Bertz CT molecular complexity index is 393. The van der Waals surface area contributed by atoms with Crippen molar-refractivity contribution in [3.05, 3.63) is 29.6 Å². The van der Waals surface area contributed by atoms with Crippen LogP contribution in [0.25, 0.3) is 0 Å². The molecule has 1 atom stereocenters. The number of carbonyl (C=O) groups excluding carboxylic acids is 1. The second-order valence-electron chi connectivity index (χ2n) is 5.53. The second-order valence-corrected chi connectivity index (χ2v) is 5.53. The molecule has 100 valence electrons. The van der Waals surface area contributed by atoms with E-state index in [0.29, 0.717) is 6.54 Å². The molecular weight excluding hydrogens is 228 g/mol. The second kappa shape index (κ2) is 5.96. The Labute approximate surface area is 109 Å². The summed E-state index contributed by atoms with van der Waals surface area (Å²) in [5.74, 6) is -0.241. The molecule has 18 heavy (non-hydrogen) atoms. The lowest BCUT2D eigenvalue weighted by Crippen LogP contribution is -2.46. The summed E-state index contributed by atoms with van der Waals surface area (Å²) in [5.41, 5.74) is 1.84. The largest absolute Gasteiger partial charge is 0.468 e. The van der Waals surface area contributed by atoms with Crippen molar-refractivity contribution in [2.24, 2.45) is 5.41 Å². The van der Waals surface area contributed by atoms with Crippen LogP contribution >= 0.6 is 0 Å². The predicted octanol–water partition coefficient (Wildman–Crippen LogP) is 2.07. The van der Waals surface area contributed by atoms with E-state index in [2.05, 4.69) is 10.3 Å². The Balaban J connectivity index is 2.68. The van der Waals surface area contributed by atoms with E-state index < -0.39 is 0 Å². The van der Waals surface area contributed by atoms with Crippen LogP contribution in [0.5, 0.6) is 0 Å². The van der Waals surface area contributed by atoms with E-state index in [4.69, 9.17) is 4.74 Å². The van der Waals surface area contributed by atoms with Crippen molar-refractivity contribution in [2.45, 2.75) is 40.3 Å². The molecule has 0 amide bonds. The highest BCUT2D eigenvalue weighted by molar-refractivity contribution is 5.76. The average Bonchev–Trinajstić information content (AvgIpc) is 2.29. The number of ether oxygens (including phenoxy) is 1. The summed E-state index contributed by atoms with van der Waals surface area (Å²) in [6.45, 7) is 8.56. The normalized spacial score (nSPS) is 13.2. The smallest absolute Gasteiger partial charge is 0.323 e. The number of hydrogen-bond donors (Lipinski definition) is 1. The molecule has 0 aromatic carbocycles. The first-order valence-electron chi connectivity index (χ1n) is 6.07. The van der Waals surface area contributed by atoms with Crippen LogP contribution in [0, 0.1) is 12.3 Å². The molecule has 0 aliphatic rings. The number of hydrogen-bond acceptors (Lipinski definition) is 4. The maximum absolute atomic E-state index is 11.7. The zero-order valence-corrected chi connectivity index (χ0v) is 11.8. The van der Waals surface area contributed by atoms with Crippen LogP contribution in [-0.2, 0) is 16.1 Å². The molecule has 4 nitrogen and oxygen atoms in total. The van der Waals surface area contributed by atoms with E-state index >= 15 is 0 Å². The van der Waals surface area contributed by atoms with E-state index in [-0.39, 0.29) is 17.4 Å². The molecule has 0 spiro atoms. The Morgan fingerprint density at radius 1 is 1.44 bits per heavy atom. The fourth-order valence-corrected chi connectivity index (χ4v) is 1.67. The molecular formula is C14H22N2O2. The molecule has 0 aliphatic heterocycles. The minimum absolute atomic E-state index is 0.197. The first kappa shape index (κ1) is 14.6. The molecule has 0 radical (unpaired) electrons. The number of esters is 1. The quantitative estimate of drug-likeness (QED) is 0.831. The first-order valence-corrected chi connectivity index (χ1v) is 6.07. The third kappa shape index (κ3) is 4.11. The van der Waals surface area contributed by atoms with Crippen LogP contribution in [0.4, 0.5) is 0 Å². The number of carbonyl (C=O) groups is 1. The van der Waals surface area contributed by atoms with Crippen LogP contribution in [0.15, 0.2) is 18.3 Å².